The van der Waals surface area contributed by atoms with Crippen LogP contribution in [0.1, 0.15) is 37.4 Å². The number of rotatable bonds is 5. The lowest BCUT2D eigenvalue weighted by Gasteiger charge is -2.35. The first kappa shape index (κ1) is 16.4. The van der Waals surface area contributed by atoms with E-state index in [0.717, 1.165) is 18.4 Å². The third-order valence-electron chi connectivity index (χ3n) is 5.11. The number of halogens is 1. The number of hydrogen-bond acceptors (Lipinski definition) is 3. The van der Waals surface area contributed by atoms with Crippen LogP contribution in [-0.4, -0.2) is 53.5 Å². The summed E-state index contributed by atoms with van der Waals surface area (Å²) in [5.41, 5.74) is 0.754. The van der Waals surface area contributed by atoms with Gasteiger partial charge >= 0.3 is 0 Å². The standard InChI is InChI=1S/C18H25FN2O2/c1-20(16-6-7-16)12-17(22)21-10-8-14(9-11-21)18(23)13-2-4-15(19)5-3-13/h2-5,14,16,18,23H,6-12H2,1H3. The molecule has 1 aromatic rings. The Hall–Kier alpha value is -1.46. The average molecular weight is 320 g/mol. The maximum absolute atomic E-state index is 13.0. The van der Waals surface area contributed by atoms with Crippen molar-refractivity contribution in [2.75, 3.05) is 26.7 Å². The molecule has 0 spiro atoms. The summed E-state index contributed by atoms with van der Waals surface area (Å²) in [6.07, 6.45) is 3.40. The molecule has 0 bridgehead atoms. The van der Waals surface area contributed by atoms with Gasteiger partial charge in [-0.2, -0.15) is 0 Å². The zero-order valence-corrected chi connectivity index (χ0v) is 13.6. The van der Waals surface area contributed by atoms with Gasteiger partial charge in [0.25, 0.3) is 0 Å². The number of aliphatic hydroxyl groups is 1. The van der Waals surface area contributed by atoms with Gasteiger partial charge in [0.15, 0.2) is 0 Å². The number of aliphatic hydroxyl groups excluding tert-OH is 1. The smallest absolute Gasteiger partial charge is 0.236 e. The van der Waals surface area contributed by atoms with Gasteiger partial charge in [-0.1, -0.05) is 12.1 Å². The predicted octanol–water partition coefficient (Wildman–Crippen LogP) is 2.19. The van der Waals surface area contributed by atoms with Crippen molar-refractivity contribution in [3.8, 4) is 0 Å². The van der Waals surface area contributed by atoms with Gasteiger partial charge < -0.3 is 10.0 Å². The quantitative estimate of drug-likeness (QED) is 0.904. The molecule has 2 aliphatic rings. The third-order valence-corrected chi connectivity index (χ3v) is 5.11. The molecule has 1 aliphatic carbocycles. The summed E-state index contributed by atoms with van der Waals surface area (Å²) in [6.45, 7) is 1.89. The van der Waals surface area contributed by atoms with E-state index in [0.29, 0.717) is 25.7 Å². The lowest BCUT2D eigenvalue weighted by Crippen LogP contribution is -2.44. The molecule has 1 heterocycles. The highest BCUT2D eigenvalue weighted by Gasteiger charge is 2.31. The molecular formula is C18H25FN2O2. The van der Waals surface area contributed by atoms with Crippen LogP contribution < -0.4 is 0 Å². The number of nitrogens with zero attached hydrogens (tertiary/aromatic N) is 2. The largest absolute Gasteiger partial charge is 0.388 e. The third kappa shape index (κ3) is 4.09. The van der Waals surface area contributed by atoms with Crippen molar-refractivity contribution in [3.05, 3.63) is 35.6 Å². The van der Waals surface area contributed by atoms with Crippen molar-refractivity contribution in [3.63, 3.8) is 0 Å². The molecule has 5 heteroatoms. The summed E-state index contributed by atoms with van der Waals surface area (Å²) >= 11 is 0. The molecule has 1 aliphatic heterocycles. The molecule has 1 unspecified atom stereocenters. The van der Waals surface area contributed by atoms with Crippen molar-refractivity contribution in [2.24, 2.45) is 5.92 Å². The van der Waals surface area contributed by atoms with Crippen LogP contribution in [0.4, 0.5) is 4.39 Å². The van der Waals surface area contributed by atoms with Crippen LogP contribution in [0, 0.1) is 11.7 Å². The summed E-state index contributed by atoms with van der Waals surface area (Å²) in [4.78, 5) is 16.4. The van der Waals surface area contributed by atoms with Gasteiger partial charge in [-0.25, -0.2) is 4.39 Å². The molecule has 1 amide bonds. The fourth-order valence-electron chi connectivity index (χ4n) is 3.35. The summed E-state index contributed by atoms with van der Waals surface area (Å²) in [5, 5.41) is 10.5. The van der Waals surface area contributed by atoms with E-state index in [2.05, 4.69) is 4.90 Å². The van der Waals surface area contributed by atoms with Gasteiger partial charge in [-0.15, -0.1) is 0 Å². The Labute approximate surface area is 136 Å². The summed E-state index contributed by atoms with van der Waals surface area (Å²) in [6, 6.07) is 6.64. The molecule has 1 N–H and O–H groups in total. The van der Waals surface area contributed by atoms with Crippen LogP contribution in [0.15, 0.2) is 24.3 Å². The fourth-order valence-corrected chi connectivity index (χ4v) is 3.35. The Morgan fingerprint density at radius 2 is 1.87 bits per heavy atom. The Morgan fingerprint density at radius 1 is 1.26 bits per heavy atom. The maximum Gasteiger partial charge on any atom is 0.236 e. The van der Waals surface area contributed by atoms with Gasteiger partial charge in [0.2, 0.25) is 5.91 Å². The normalized spacial score (nSPS) is 20.8. The van der Waals surface area contributed by atoms with Crippen molar-refractivity contribution in [1.82, 2.24) is 9.80 Å². The molecule has 0 radical (unpaired) electrons. The van der Waals surface area contributed by atoms with E-state index in [4.69, 9.17) is 0 Å². The van der Waals surface area contributed by atoms with Gasteiger partial charge in [0.05, 0.1) is 12.6 Å². The SMILES string of the molecule is CN(CC(=O)N1CCC(C(O)c2ccc(F)cc2)CC1)C1CC1. The lowest BCUT2D eigenvalue weighted by molar-refractivity contribution is -0.134. The molecule has 1 saturated heterocycles. The van der Waals surface area contributed by atoms with E-state index in [1.165, 1.54) is 25.0 Å². The molecule has 126 valence electrons. The van der Waals surface area contributed by atoms with E-state index in [1.54, 1.807) is 12.1 Å². The number of likely N-dealkylation sites (tertiary alicyclic amines) is 1. The van der Waals surface area contributed by atoms with Crippen molar-refractivity contribution in [1.29, 1.82) is 0 Å². The number of carbonyl (C=O) groups excluding carboxylic acids is 1. The minimum atomic E-state index is -0.581. The van der Waals surface area contributed by atoms with Crippen molar-refractivity contribution < 1.29 is 14.3 Å². The molecule has 0 aromatic heterocycles. The predicted molar refractivity (Wildman–Crippen MR) is 86.3 cm³/mol. The molecular weight excluding hydrogens is 295 g/mol. The minimum absolute atomic E-state index is 0.130. The second-order valence-electron chi connectivity index (χ2n) is 6.86. The first-order valence-electron chi connectivity index (χ1n) is 8.46. The number of likely N-dealkylation sites (N-methyl/N-ethyl adjacent to an activating group) is 1. The molecule has 3 rings (SSSR count). The van der Waals surface area contributed by atoms with Crippen LogP contribution >= 0.6 is 0 Å². The van der Waals surface area contributed by atoms with E-state index in [1.807, 2.05) is 11.9 Å². The monoisotopic (exact) mass is 320 g/mol. The van der Waals surface area contributed by atoms with Gasteiger partial charge in [-0.05, 0) is 56.3 Å². The first-order chi connectivity index (χ1) is 11.0. The summed E-state index contributed by atoms with van der Waals surface area (Å²) in [5.74, 6) is 0.0287. The molecule has 1 aromatic carbocycles. The zero-order chi connectivity index (χ0) is 16.4. The van der Waals surface area contributed by atoms with Crippen molar-refractivity contribution >= 4 is 5.91 Å². The molecule has 2 fully saturated rings. The average Bonchev–Trinajstić information content (AvgIpc) is 3.40. The first-order valence-corrected chi connectivity index (χ1v) is 8.46. The minimum Gasteiger partial charge on any atom is -0.388 e. The molecule has 1 saturated carbocycles. The number of amides is 1. The highest BCUT2D eigenvalue weighted by molar-refractivity contribution is 5.78. The van der Waals surface area contributed by atoms with Crippen LogP contribution in [0.5, 0.6) is 0 Å². The Morgan fingerprint density at radius 3 is 2.43 bits per heavy atom. The number of carbonyl (C=O) groups is 1. The number of hydrogen-bond donors (Lipinski definition) is 1. The van der Waals surface area contributed by atoms with Gasteiger partial charge in [0, 0.05) is 19.1 Å². The van der Waals surface area contributed by atoms with Crippen LogP contribution in [0.25, 0.3) is 0 Å². The van der Waals surface area contributed by atoms with E-state index >= 15 is 0 Å². The van der Waals surface area contributed by atoms with Gasteiger partial charge in [-0.3, -0.25) is 9.69 Å². The van der Waals surface area contributed by atoms with Crippen molar-refractivity contribution in [2.45, 2.75) is 37.8 Å². The second kappa shape index (κ2) is 6.97. The molecule has 23 heavy (non-hydrogen) atoms. The Bertz CT molecular complexity index is 536. The Balaban J connectivity index is 1.49. The van der Waals surface area contributed by atoms with Crippen LogP contribution in [0.3, 0.4) is 0 Å². The Kier molecular flexibility index (Phi) is 4.97. The maximum atomic E-state index is 13.0. The fraction of sp³-hybridized carbons (Fsp3) is 0.611. The molecule has 1 atom stereocenters. The van der Waals surface area contributed by atoms with E-state index in [9.17, 15) is 14.3 Å². The van der Waals surface area contributed by atoms with Gasteiger partial charge in [0.1, 0.15) is 5.82 Å². The summed E-state index contributed by atoms with van der Waals surface area (Å²) in [7, 11) is 2.01. The lowest BCUT2D eigenvalue weighted by atomic mass is 9.87. The molecule has 4 nitrogen and oxygen atoms in total. The number of piperidine rings is 1. The van der Waals surface area contributed by atoms with E-state index < -0.39 is 6.10 Å². The van der Waals surface area contributed by atoms with Crippen LogP contribution in [-0.2, 0) is 4.79 Å². The summed E-state index contributed by atoms with van der Waals surface area (Å²) < 4.78 is 13.0. The second-order valence-corrected chi connectivity index (χ2v) is 6.86. The highest BCUT2D eigenvalue weighted by Crippen LogP contribution is 2.31. The highest BCUT2D eigenvalue weighted by atomic mass is 19.1. The van der Waals surface area contributed by atoms with E-state index in [-0.39, 0.29) is 17.6 Å². The van der Waals surface area contributed by atoms with Crippen LogP contribution in [0.2, 0.25) is 0 Å². The zero-order valence-electron chi connectivity index (χ0n) is 13.6. The number of benzene rings is 1. The topological polar surface area (TPSA) is 43.8 Å².